The lowest BCUT2D eigenvalue weighted by Crippen LogP contribution is -2.28. The third-order valence-electron chi connectivity index (χ3n) is 3.32. The second-order valence-electron chi connectivity index (χ2n) is 5.02. The summed E-state index contributed by atoms with van der Waals surface area (Å²) >= 11 is 6.04. The van der Waals surface area contributed by atoms with Crippen LogP contribution < -0.4 is 10.6 Å². The molecule has 1 heterocycles. The molecule has 0 spiro atoms. The molecule has 7 heteroatoms. The van der Waals surface area contributed by atoms with Crippen LogP contribution in [0.2, 0.25) is 5.02 Å². The number of benzene rings is 1. The molecule has 1 aromatic carbocycles. The van der Waals surface area contributed by atoms with Crippen molar-refractivity contribution >= 4 is 29.1 Å². The second kappa shape index (κ2) is 8.42. The SMILES string of the molecule is COCCNC(=O)c1cccc(C(=O)Nc2cccc(Cl)c2C)n1. The number of halogens is 1. The quantitative estimate of drug-likeness (QED) is 0.787. The molecule has 0 unspecified atom stereocenters. The molecule has 0 saturated carbocycles. The first kappa shape index (κ1) is 17.9. The molecule has 0 aliphatic heterocycles. The molecule has 0 aliphatic rings. The van der Waals surface area contributed by atoms with Gasteiger partial charge in [0.15, 0.2) is 0 Å². The topological polar surface area (TPSA) is 80.3 Å². The smallest absolute Gasteiger partial charge is 0.274 e. The average Bonchev–Trinajstić information content (AvgIpc) is 2.59. The minimum Gasteiger partial charge on any atom is -0.383 e. The number of carbonyl (C=O) groups is 2. The van der Waals surface area contributed by atoms with E-state index in [4.69, 9.17) is 16.3 Å². The van der Waals surface area contributed by atoms with E-state index in [0.29, 0.717) is 23.9 Å². The molecular formula is C17H18ClN3O3. The number of methoxy groups -OCH3 is 1. The van der Waals surface area contributed by atoms with E-state index >= 15 is 0 Å². The lowest BCUT2D eigenvalue weighted by molar-refractivity contribution is 0.0932. The summed E-state index contributed by atoms with van der Waals surface area (Å²) in [6, 6.07) is 9.94. The minimum atomic E-state index is -0.410. The largest absolute Gasteiger partial charge is 0.383 e. The number of nitrogens with one attached hydrogen (secondary N) is 2. The van der Waals surface area contributed by atoms with E-state index in [1.165, 1.54) is 0 Å². The van der Waals surface area contributed by atoms with E-state index in [-0.39, 0.29) is 17.3 Å². The fourth-order valence-corrected chi connectivity index (χ4v) is 2.15. The molecule has 0 fully saturated rings. The van der Waals surface area contributed by atoms with Crippen molar-refractivity contribution in [1.29, 1.82) is 0 Å². The van der Waals surface area contributed by atoms with Crippen molar-refractivity contribution in [3.8, 4) is 0 Å². The van der Waals surface area contributed by atoms with Gasteiger partial charge in [0, 0.05) is 24.4 Å². The van der Waals surface area contributed by atoms with Gasteiger partial charge in [-0.15, -0.1) is 0 Å². The Kier molecular flexibility index (Phi) is 6.28. The Morgan fingerprint density at radius 2 is 1.79 bits per heavy atom. The normalized spacial score (nSPS) is 10.3. The average molecular weight is 348 g/mol. The van der Waals surface area contributed by atoms with Gasteiger partial charge in [0.25, 0.3) is 11.8 Å². The molecule has 24 heavy (non-hydrogen) atoms. The van der Waals surface area contributed by atoms with Crippen LogP contribution in [0.5, 0.6) is 0 Å². The maximum Gasteiger partial charge on any atom is 0.274 e. The van der Waals surface area contributed by atoms with Gasteiger partial charge >= 0.3 is 0 Å². The monoisotopic (exact) mass is 347 g/mol. The van der Waals surface area contributed by atoms with Crippen molar-refractivity contribution in [3.63, 3.8) is 0 Å². The Hall–Kier alpha value is -2.44. The zero-order valence-corrected chi connectivity index (χ0v) is 14.2. The fourth-order valence-electron chi connectivity index (χ4n) is 1.97. The van der Waals surface area contributed by atoms with Crippen LogP contribution >= 0.6 is 11.6 Å². The number of hydrogen-bond donors (Lipinski definition) is 2. The third-order valence-corrected chi connectivity index (χ3v) is 3.73. The van der Waals surface area contributed by atoms with Crippen LogP contribution in [-0.2, 0) is 4.74 Å². The van der Waals surface area contributed by atoms with E-state index in [9.17, 15) is 9.59 Å². The van der Waals surface area contributed by atoms with Gasteiger partial charge in [-0.05, 0) is 36.8 Å². The zero-order valence-electron chi connectivity index (χ0n) is 13.4. The van der Waals surface area contributed by atoms with Gasteiger partial charge in [0.05, 0.1) is 6.61 Å². The van der Waals surface area contributed by atoms with Gasteiger partial charge in [-0.3, -0.25) is 9.59 Å². The minimum absolute atomic E-state index is 0.147. The number of rotatable bonds is 6. The molecule has 0 radical (unpaired) electrons. The highest BCUT2D eigenvalue weighted by molar-refractivity contribution is 6.31. The van der Waals surface area contributed by atoms with Crippen LogP contribution in [0.4, 0.5) is 5.69 Å². The summed E-state index contributed by atoms with van der Waals surface area (Å²) in [6.07, 6.45) is 0. The van der Waals surface area contributed by atoms with Gasteiger partial charge in [-0.1, -0.05) is 23.7 Å². The molecular weight excluding hydrogens is 330 g/mol. The van der Waals surface area contributed by atoms with Crippen molar-refractivity contribution in [2.24, 2.45) is 0 Å². The van der Waals surface area contributed by atoms with Crippen molar-refractivity contribution < 1.29 is 14.3 Å². The van der Waals surface area contributed by atoms with Crippen molar-refractivity contribution in [2.75, 3.05) is 25.6 Å². The summed E-state index contributed by atoms with van der Waals surface area (Å²) in [5.74, 6) is -0.771. The zero-order chi connectivity index (χ0) is 17.5. The Morgan fingerprint density at radius 3 is 2.50 bits per heavy atom. The molecule has 6 nitrogen and oxygen atoms in total. The summed E-state index contributed by atoms with van der Waals surface area (Å²) in [7, 11) is 1.55. The molecule has 0 aliphatic carbocycles. The predicted octanol–water partition coefficient (Wildman–Crippen LogP) is 2.67. The number of anilines is 1. The lowest BCUT2D eigenvalue weighted by Gasteiger charge is -2.10. The van der Waals surface area contributed by atoms with Crippen LogP contribution in [0, 0.1) is 6.92 Å². The van der Waals surface area contributed by atoms with E-state index in [1.807, 2.05) is 6.92 Å². The van der Waals surface area contributed by atoms with Gasteiger partial charge in [-0.2, -0.15) is 0 Å². The standard InChI is InChI=1S/C17H18ClN3O3/c1-11-12(18)5-3-6-13(11)21-17(23)15-8-4-7-14(20-15)16(22)19-9-10-24-2/h3-8H,9-10H2,1-2H3,(H,19,22)(H,21,23). The van der Waals surface area contributed by atoms with Gasteiger partial charge in [0.1, 0.15) is 11.4 Å². The highest BCUT2D eigenvalue weighted by atomic mass is 35.5. The first-order chi connectivity index (χ1) is 11.5. The van der Waals surface area contributed by atoms with Crippen LogP contribution in [0.3, 0.4) is 0 Å². The summed E-state index contributed by atoms with van der Waals surface area (Å²) in [5, 5.41) is 5.97. The first-order valence-corrected chi connectivity index (χ1v) is 7.71. The molecule has 2 amide bonds. The van der Waals surface area contributed by atoms with Crippen molar-refractivity contribution in [3.05, 3.63) is 58.4 Å². The summed E-state index contributed by atoms with van der Waals surface area (Å²) in [5.41, 5.74) is 1.68. The molecule has 1 aromatic heterocycles. The number of hydrogen-bond acceptors (Lipinski definition) is 4. The number of amides is 2. The number of pyridine rings is 1. The lowest BCUT2D eigenvalue weighted by atomic mass is 10.2. The van der Waals surface area contributed by atoms with Crippen molar-refractivity contribution in [2.45, 2.75) is 6.92 Å². The number of carbonyl (C=O) groups excluding carboxylic acids is 2. The van der Waals surface area contributed by atoms with Crippen LogP contribution in [0.25, 0.3) is 0 Å². The van der Waals surface area contributed by atoms with Crippen LogP contribution in [0.1, 0.15) is 26.5 Å². The van der Waals surface area contributed by atoms with Crippen LogP contribution in [0.15, 0.2) is 36.4 Å². The maximum absolute atomic E-state index is 12.3. The van der Waals surface area contributed by atoms with E-state index < -0.39 is 5.91 Å². The number of nitrogens with zero attached hydrogens (tertiary/aromatic N) is 1. The molecule has 126 valence electrons. The highest BCUT2D eigenvalue weighted by Gasteiger charge is 2.13. The fraction of sp³-hybridized carbons (Fsp3) is 0.235. The van der Waals surface area contributed by atoms with E-state index in [2.05, 4.69) is 15.6 Å². The second-order valence-corrected chi connectivity index (χ2v) is 5.43. The van der Waals surface area contributed by atoms with Gasteiger partial charge in [-0.25, -0.2) is 4.98 Å². The van der Waals surface area contributed by atoms with Gasteiger partial charge in [0.2, 0.25) is 0 Å². The summed E-state index contributed by atoms with van der Waals surface area (Å²) < 4.78 is 4.87. The van der Waals surface area contributed by atoms with Crippen LogP contribution in [-0.4, -0.2) is 37.1 Å². The van der Waals surface area contributed by atoms with E-state index in [1.54, 1.807) is 43.5 Å². The Labute approximate surface area is 145 Å². The Bertz CT molecular complexity index is 750. The third kappa shape index (κ3) is 4.53. The van der Waals surface area contributed by atoms with Crippen molar-refractivity contribution in [1.82, 2.24) is 10.3 Å². The Balaban J connectivity index is 2.11. The maximum atomic E-state index is 12.3. The molecule has 0 saturated heterocycles. The predicted molar refractivity (Wildman–Crippen MR) is 92.6 cm³/mol. The molecule has 0 bridgehead atoms. The molecule has 2 N–H and O–H groups in total. The Morgan fingerprint density at radius 1 is 1.12 bits per heavy atom. The number of aromatic nitrogens is 1. The highest BCUT2D eigenvalue weighted by Crippen LogP contribution is 2.23. The van der Waals surface area contributed by atoms with Gasteiger partial charge < -0.3 is 15.4 Å². The number of ether oxygens (including phenoxy) is 1. The summed E-state index contributed by atoms with van der Waals surface area (Å²) in [6.45, 7) is 2.58. The van der Waals surface area contributed by atoms with E-state index in [0.717, 1.165) is 5.56 Å². The first-order valence-electron chi connectivity index (χ1n) is 7.33. The molecule has 0 atom stereocenters. The summed E-state index contributed by atoms with van der Waals surface area (Å²) in [4.78, 5) is 28.4. The molecule has 2 rings (SSSR count). The molecule has 2 aromatic rings.